The second kappa shape index (κ2) is 4.61. The fraction of sp³-hybridized carbons (Fsp3) is 0.267. The molecule has 0 atom stereocenters. The number of pyridine rings is 1. The number of rotatable bonds is 1. The minimum atomic E-state index is 0.156. The van der Waals surface area contributed by atoms with Gasteiger partial charge in [-0.2, -0.15) is 0 Å². The van der Waals surface area contributed by atoms with E-state index in [0.29, 0.717) is 0 Å². The Morgan fingerprint density at radius 3 is 2.47 bits per heavy atom. The lowest BCUT2D eigenvalue weighted by atomic mass is 9.87. The molecule has 1 heterocycles. The molecule has 0 aliphatic rings. The summed E-state index contributed by atoms with van der Waals surface area (Å²) in [6.45, 7) is 6.65. The van der Waals surface area contributed by atoms with E-state index in [1.165, 1.54) is 5.56 Å². The van der Waals surface area contributed by atoms with Crippen LogP contribution in [0.4, 0.5) is 0 Å². The largest absolute Gasteiger partial charge is 0.256 e. The molecule has 2 rings (SSSR count). The maximum Gasteiger partial charge on any atom is 0.0705 e. The Morgan fingerprint density at radius 2 is 1.82 bits per heavy atom. The summed E-state index contributed by atoms with van der Waals surface area (Å²) in [5.41, 5.74) is 3.63. The van der Waals surface area contributed by atoms with Crippen LogP contribution in [-0.4, -0.2) is 4.98 Å². The van der Waals surface area contributed by atoms with Gasteiger partial charge < -0.3 is 0 Å². The first-order valence-electron chi connectivity index (χ1n) is 5.69. The zero-order valence-corrected chi connectivity index (χ0v) is 12.0. The van der Waals surface area contributed by atoms with E-state index in [2.05, 4.69) is 66.0 Å². The molecule has 0 radical (unpaired) electrons. The van der Waals surface area contributed by atoms with Crippen LogP contribution in [0.5, 0.6) is 0 Å². The van der Waals surface area contributed by atoms with E-state index in [9.17, 15) is 0 Å². The van der Waals surface area contributed by atoms with Crippen molar-refractivity contribution in [2.45, 2.75) is 26.2 Å². The SMILES string of the molecule is CC(C)(C)c1ccnc(-c2cccc(Br)c2)c1. The molecule has 1 aromatic heterocycles. The minimum absolute atomic E-state index is 0.156. The fourth-order valence-corrected chi connectivity index (χ4v) is 2.10. The molecule has 0 amide bonds. The van der Waals surface area contributed by atoms with Crippen LogP contribution < -0.4 is 0 Å². The van der Waals surface area contributed by atoms with E-state index < -0.39 is 0 Å². The van der Waals surface area contributed by atoms with Crippen molar-refractivity contribution in [3.8, 4) is 11.3 Å². The highest BCUT2D eigenvalue weighted by Crippen LogP contribution is 2.27. The molecule has 0 spiro atoms. The predicted molar refractivity (Wildman–Crippen MR) is 76.1 cm³/mol. The highest BCUT2D eigenvalue weighted by molar-refractivity contribution is 9.10. The second-order valence-electron chi connectivity index (χ2n) is 5.19. The summed E-state index contributed by atoms with van der Waals surface area (Å²) in [6.07, 6.45) is 1.89. The average molecular weight is 290 g/mol. The summed E-state index contributed by atoms with van der Waals surface area (Å²) in [4.78, 5) is 4.44. The second-order valence-corrected chi connectivity index (χ2v) is 6.11. The third kappa shape index (κ3) is 2.95. The lowest BCUT2D eigenvalue weighted by Crippen LogP contribution is -2.11. The van der Waals surface area contributed by atoms with Gasteiger partial charge in [0.2, 0.25) is 0 Å². The van der Waals surface area contributed by atoms with Crippen LogP contribution in [0.25, 0.3) is 11.3 Å². The van der Waals surface area contributed by atoms with Crippen molar-refractivity contribution >= 4 is 15.9 Å². The zero-order chi connectivity index (χ0) is 12.5. The molecule has 1 nitrogen and oxygen atoms in total. The summed E-state index contributed by atoms with van der Waals surface area (Å²) in [7, 11) is 0. The highest BCUT2D eigenvalue weighted by atomic mass is 79.9. The Hall–Kier alpha value is -1.15. The van der Waals surface area contributed by atoms with E-state index in [-0.39, 0.29) is 5.41 Å². The number of hydrogen-bond donors (Lipinski definition) is 0. The summed E-state index contributed by atoms with van der Waals surface area (Å²) in [5.74, 6) is 0. The Balaban J connectivity index is 2.47. The number of hydrogen-bond acceptors (Lipinski definition) is 1. The van der Waals surface area contributed by atoms with Gasteiger partial charge in [0.1, 0.15) is 0 Å². The molecule has 17 heavy (non-hydrogen) atoms. The molecule has 0 aliphatic heterocycles. The van der Waals surface area contributed by atoms with Crippen LogP contribution in [0.15, 0.2) is 47.1 Å². The first kappa shape index (κ1) is 12.3. The maximum absolute atomic E-state index is 4.44. The molecule has 2 heteroatoms. The molecular weight excluding hydrogens is 274 g/mol. The van der Waals surface area contributed by atoms with E-state index in [0.717, 1.165) is 15.7 Å². The van der Waals surface area contributed by atoms with Gasteiger partial charge in [-0.25, -0.2) is 0 Å². The standard InChI is InChI=1S/C15H16BrN/c1-15(2,3)12-7-8-17-14(10-12)11-5-4-6-13(16)9-11/h4-10H,1-3H3. The normalized spacial score (nSPS) is 11.5. The third-order valence-corrected chi connectivity index (χ3v) is 3.24. The van der Waals surface area contributed by atoms with E-state index >= 15 is 0 Å². The Morgan fingerprint density at radius 1 is 1.06 bits per heavy atom. The predicted octanol–water partition coefficient (Wildman–Crippen LogP) is 4.81. The molecule has 0 bridgehead atoms. The van der Waals surface area contributed by atoms with Gasteiger partial charge in [-0.15, -0.1) is 0 Å². The first-order valence-corrected chi connectivity index (χ1v) is 6.48. The molecule has 88 valence electrons. The van der Waals surface area contributed by atoms with Crippen LogP contribution in [-0.2, 0) is 5.41 Å². The van der Waals surface area contributed by atoms with Gasteiger partial charge in [0, 0.05) is 16.2 Å². The smallest absolute Gasteiger partial charge is 0.0705 e. The monoisotopic (exact) mass is 289 g/mol. The van der Waals surface area contributed by atoms with E-state index in [1.807, 2.05) is 18.3 Å². The Kier molecular flexibility index (Phi) is 3.34. The topological polar surface area (TPSA) is 12.9 Å². The van der Waals surface area contributed by atoms with Gasteiger partial charge in [0.25, 0.3) is 0 Å². The quantitative estimate of drug-likeness (QED) is 0.734. The van der Waals surface area contributed by atoms with Crippen molar-refractivity contribution in [2.24, 2.45) is 0 Å². The number of benzene rings is 1. The average Bonchev–Trinajstić information content (AvgIpc) is 2.28. The lowest BCUT2D eigenvalue weighted by Gasteiger charge is -2.19. The minimum Gasteiger partial charge on any atom is -0.256 e. The zero-order valence-electron chi connectivity index (χ0n) is 10.4. The molecule has 0 saturated heterocycles. The highest BCUT2D eigenvalue weighted by Gasteiger charge is 2.14. The van der Waals surface area contributed by atoms with Crippen LogP contribution in [0.1, 0.15) is 26.3 Å². The molecule has 0 fully saturated rings. The van der Waals surface area contributed by atoms with Crippen molar-refractivity contribution < 1.29 is 0 Å². The first-order chi connectivity index (χ1) is 7.97. The molecule has 0 N–H and O–H groups in total. The van der Waals surface area contributed by atoms with E-state index in [4.69, 9.17) is 0 Å². The van der Waals surface area contributed by atoms with Gasteiger partial charge in [-0.05, 0) is 35.2 Å². The third-order valence-electron chi connectivity index (χ3n) is 2.75. The summed E-state index contributed by atoms with van der Waals surface area (Å²) >= 11 is 3.49. The van der Waals surface area contributed by atoms with Crippen LogP contribution in [0.2, 0.25) is 0 Å². The molecule has 1 aromatic carbocycles. The van der Waals surface area contributed by atoms with Gasteiger partial charge in [0.05, 0.1) is 5.69 Å². The molecule has 0 aliphatic carbocycles. The van der Waals surface area contributed by atoms with Gasteiger partial charge in [-0.1, -0.05) is 48.8 Å². The number of aromatic nitrogens is 1. The van der Waals surface area contributed by atoms with Gasteiger partial charge in [0.15, 0.2) is 0 Å². The Labute approximate surface area is 111 Å². The fourth-order valence-electron chi connectivity index (χ4n) is 1.70. The van der Waals surface area contributed by atoms with Crippen molar-refractivity contribution in [3.63, 3.8) is 0 Å². The molecule has 0 saturated carbocycles. The van der Waals surface area contributed by atoms with Crippen molar-refractivity contribution in [1.82, 2.24) is 4.98 Å². The lowest BCUT2D eigenvalue weighted by molar-refractivity contribution is 0.589. The van der Waals surface area contributed by atoms with Crippen molar-refractivity contribution in [2.75, 3.05) is 0 Å². The summed E-state index contributed by atoms with van der Waals surface area (Å²) < 4.78 is 1.08. The van der Waals surface area contributed by atoms with Crippen molar-refractivity contribution in [3.05, 3.63) is 52.6 Å². The van der Waals surface area contributed by atoms with Crippen LogP contribution in [0.3, 0.4) is 0 Å². The number of halogens is 1. The van der Waals surface area contributed by atoms with E-state index in [1.54, 1.807) is 0 Å². The molecular formula is C15H16BrN. The van der Waals surface area contributed by atoms with Crippen molar-refractivity contribution in [1.29, 1.82) is 0 Å². The summed E-state index contributed by atoms with van der Waals surface area (Å²) in [6, 6.07) is 12.5. The van der Waals surface area contributed by atoms with Gasteiger partial charge >= 0.3 is 0 Å². The number of nitrogens with zero attached hydrogens (tertiary/aromatic N) is 1. The molecule has 0 unspecified atom stereocenters. The van der Waals surface area contributed by atoms with Gasteiger partial charge in [-0.3, -0.25) is 4.98 Å². The van der Waals surface area contributed by atoms with Crippen LogP contribution in [0, 0.1) is 0 Å². The van der Waals surface area contributed by atoms with Crippen LogP contribution >= 0.6 is 15.9 Å². The molecule has 2 aromatic rings. The Bertz CT molecular complexity index is 526. The maximum atomic E-state index is 4.44. The summed E-state index contributed by atoms with van der Waals surface area (Å²) in [5, 5.41) is 0.